The quantitative estimate of drug-likeness (QED) is 0.844. The molecule has 0 bridgehead atoms. The number of anilines is 1. The number of aliphatic carboxylic acids is 1. The summed E-state index contributed by atoms with van der Waals surface area (Å²) < 4.78 is 0. The largest absolute Gasteiger partial charge is 0.481 e. The molecule has 1 aromatic heterocycles. The average molecular weight is 242 g/mol. The minimum absolute atomic E-state index is 0.0508. The number of carbonyl (C=O) groups is 2. The number of amides is 1. The van der Waals surface area contributed by atoms with Crippen molar-refractivity contribution in [2.24, 2.45) is 0 Å². The van der Waals surface area contributed by atoms with Gasteiger partial charge in [0.25, 0.3) is 0 Å². The highest BCUT2D eigenvalue weighted by molar-refractivity contribution is 7.16. The molecule has 1 heterocycles. The zero-order valence-electron chi connectivity index (χ0n) is 9.40. The SMILES string of the molecule is CC(=O)Nc1nc(C(C)C)c(CC(=O)O)s1. The van der Waals surface area contributed by atoms with Crippen LogP contribution in [0, 0.1) is 0 Å². The molecule has 0 aromatic carbocycles. The summed E-state index contributed by atoms with van der Waals surface area (Å²) in [5, 5.41) is 11.8. The van der Waals surface area contributed by atoms with E-state index in [0.717, 1.165) is 5.69 Å². The Bertz CT molecular complexity index is 412. The van der Waals surface area contributed by atoms with Crippen LogP contribution < -0.4 is 5.32 Å². The first-order valence-corrected chi connectivity index (χ1v) is 5.70. The fourth-order valence-corrected chi connectivity index (χ4v) is 2.44. The van der Waals surface area contributed by atoms with Crippen LogP contribution in [0.4, 0.5) is 5.13 Å². The molecular formula is C10H14N2O3S. The van der Waals surface area contributed by atoms with Crippen molar-refractivity contribution in [1.29, 1.82) is 0 Å². The molecule has 5 nitrogen and oxygen atoms in total. The predicted molar refractivity (Wildman–Crippen MR) is 61.8 cm³/mol. The maximum absolute atomic E-state index is 10.9. The molecule has 0 unspecified atom stereocenters. The number of nitrogens with zero attached hydrogens (tertiary/aromatic N) is 1. The molecule has 0 atom stereocenters. The number of thiazole rings is 1. The van der Waals surface area contributed by atoms with Gasteiger partial charge in [0.1, 0.15) is 0 Å². The summed E-state index contributed by atoms with van der Waals surface area (Å²) in [7, 11) is 0. The first-order chi connectivity index (χ1) is 7.40. The molecule has 1 aromatic rings. The normalized spacial score (nSPS) is 10.5. The molecule has 0 aliphatic heterocycles. The monoisotopic (exact) mass is 242 g/mol. The number of aromatic nitrogens is 1. The minimum atomic E-state index is -0.889. The van der Waals surface area contributed by atoms with Gasteiger partial charge >= 0.3 is 5.97 Å². The lowest BCUT2D eigenvalue weighted by atomic mass is 10.1. The maximum atomic E-state index is 10.9. The number of hydrogen-bond donors (Lipinski definition) is 2. The number of hydrogen-bond acceptors (Lipinski definition) is 4. The van der Waals surface area contributed by atoms with Gasteiger partial charge in [0.05, 0.1) is 12.1 Å². The van der Waals surface area contributed by atoms with Crippen LogP contribution in [-0.2, 0) is 16.0 Å². The molecule has 0 aliphatic rings. The number of carbonyl (C=O) groups excluding carboxylic acids is 1. The van der Waals surface area contributed by atoms with Crippen molar-refractivity contribution in [2.75, 3.05) is 5.32 Å². The summed E-state index contributed by atoms with van der Waals surface area (Å²) in [4.78, 5) is 26.5. The second-order valence-corrected chi connectivity index (χ2v) is 4.82. The zero-order valence-corrected chi connectivity index (χ0v) is 10.2. The topological polar surface area (TPSA) is 79.3 Å². The van der Waals surface area contributed by atoms with Crippen molar-refractivity contribution in [1.82, 2.24) is 4.98 Å². The lowest BCUT2D eigenvalue weighted by molar-refractivity contribution is -0.136. The zero-order chi connectivity index (χ0) is 12.3. The summed E-state index contributed by atoms with van der Waals surface area (Å²) in [6, 6.07) is 0. The van der Waals surface area contributed by atoms with Gasteiger partial charge in [-0.1, -0.05) is 13.8 Å². The van der Waals surface area contributed by atoms with E-state index in [1.165, 1.54) is 18.3 Å². The van der Waals surface area contributed by atoms with E-state index in [1.54, 1.807) is 0 Å². The standard InChI is InChI=1S/C10H14N2O3S/c1-5(2)9-7(4-8(14)15)16-10(12-9)11-6(3)13/h5H,4H2,1-3H3,(H,14,15)(H,11,12,13). The van der Waals surface area contributed by atoms with Crippen LogP contribution in [0.5, 0.6) is 0 Å². The molecular weight excluding hydrogens is 228 g/mol. The Labute approximate surface area is 97.5 Å². The molecule has 0 saturated heterocycles. The van der Waals surface area contributed by atoms with Gasteiger partial charge in [-0.05, 0) is 5.92 Å². The Balaban J connectivity index is 2.99. The molecule has 0 aliphatic carbocycles. The van der Waals surface area contributed by atoms with Crippen molar-refractivity contribution in [3.8, 4) is 0 Å². The fourth-order valence-electron chi connectivity index (χ4n) is 1.28. The summed E-state index contributed by atoms with van der Waals surface area (Å²) >= 11 is 1.22. The number of carboxylic acid groups (broad SMARTS) is 1. The predicted octanol–water partition coefficient (Wildman–Crippen LogP) is 1.85. The van der Waals surface area contributed by atoms with E-state index in [4.69, 9.17) is 5.11 Å². The summed E-state index contributed by atoms with van der Waals surface area (Å²) in [5.74, 6) is -0.945. The van der Waals surface area contributed by atoms with E-state index in [0.29, 0.717) is 10.0 Å². The van der Waals surface area contributed by atoms with Crippen molar-refractivity contribution < 1.29 is 14.7 Å². The van der Waals surface area contributed by atoms with Crippen LogP contribution in [0.1, 0.15) is 37.3 Å². The van der Waals surface area contributed by atoms with E-state index in [1.807, 2.05) is 13.8 Å². The van der Waals surface area contributed by atoms with Gasteiger partial charge in [-0.2, -0.15) is 0 Å². The highest BCUT2D eigenvalue weighted by Crippen LogP contribution is 2.28. The van der Waals surface area contributed by atoms with Crippen molar-refractivity contribution in [3.63, 3.8) is 0 Å². The molecule has 1 rings (SSSR count). The van der Waals surface area contributed by atoms with E-state index < -0.39 is 5.97 Å². The number of nitrogens with one attached hydrogen (secondary N) is 1. The Morgan fingerprint density at radius 2 is 2.12 bits per heavy atom. The van der Waals surface area contributed by atoms with E-state index in [2.05, 4.69) is 10.3 Å². The summed E-state index contributed by atoms with van der Waals surface area (Å²) in [6.45, 7) is 5.28. The minimum Gasteiger partial charge on any atom is -0.481 e. The van der Waals surface area contributed by atoms with E-state index >= 15 is 0 Å². The van der Waals surface area contributed by atoms with Crippen molar-refractivity contribution in [3.05, 3.63) is 10.6 Å². The second-order valence-electron chi connectivity index (χ2n) is 3.73. The molecule has 88 valence electrons. The van der Waals surface area contributed by atoms with Crippen LogP contribution in [0.2, 0.25) is 0 Å². The van der Waals surface area contributed by atoms with Crippen LogP contribution in [0.25, 0.3) is 0 Å². The highest BCUT2D eigenvalue weighted by atomic mass is 32.1. The maximum Gasteiger partial charge on any atom is 0.308 e. The van der Waals surface area contributed by atoms with Crippen LogP contribution in [0.3, 0.4) is 0 Å². The first-order valence-electron chi connectivity index (χ1n) is 4.89. The van der Waals surface area contributed by atoms with Crippen LogP contribution in [-0.4, -0.2) is 22.0 Å². The number of carboxylic acids is 1. The fraction of sp³-hybridized carbons (Fsp3) is 0.500. The molecule has 0 saturated carbocycles. The second kappa shape index (κ2) is 5.07. The summed E-state index contributed by atoms with van der Waals surface area (Å²) in [5.41, 5.74) is 0.746. The smallest absolute Gasteiger partial charge is 0.308 e. The lowest BCUT2D eigenvalue weighted by Gasteiger charge is -2.01. The van der Waals surface area contributed by atoms with Crippen LogP contribution >= 0.6 is 11.3 Å². The average Bonchev–Trinajstić information content (AvgIpc) is 2.45. The Kier molecular flexibility index (Phi) is 4.00. The third-order valence-corrected chi connectivity index (χ3v) is 2.86. The Morgan fingerprint density at radius 1 is 1.50 bits per heavy atom. The van der Waals surface area contributed by atoms with Crippen molar-refractivity contribution in [2.45, 2.75) is 33.1 Å². The molecule has 0 radical (unpaired) electrons. The van der Waals surface area contributed by atoms with Gasteiger partial charge in [0, 0.05) is 11.8 Å². The summed E-state index contributed by atoms with van der Waals surface area (Å²) in [6.07, 6.45) is -0.0508. The van der Waals surface area contributed by atoms with Crippen LogP contribution in [0.15, 0.2) is 0 Å². The lowest BCUT2D eigenvalue weighted by Crippen LogP contribution is -2.05. The molecule has 0 fully saturated rings. The van der Waals surface area contributed by atoms with Gasteiger partial charge in [-0.25, -0.2) is 4.98 Å². The Morgan fingerprint density at radius 3 is 2.56 bits per heavy atom. The van der Waals surface area contributed by atoms with Gasteiger partial charge in [-0.15, -0.1) is 11.3 Å². The first kappa shape index (κ1) is 12.6. The van der Waals surface area contributed by atoms with Gasteiger partial charge in [0.2, 0.25) is 5.91 Å². The third kappa shape index (κ3) is 3.30. The molecule has 16 heavy (non-hydrogen) atoms. The van der Waals surface area contributed by atoms with Gasteiger partial charge in [0.15, 0.2) is 5.13 Å². The molecule has 1 amide bonds. The van der Waals surface area contributed by atoms with Gasteiger partial charge < -0.3 is 10.4 Å². The number of rotatable bonds is 4. The highest BCUT2D eigenvalue weighted by Gasteiger charge is 2.16. The Hall–Kier alpha value is -1.43. The third-order valence-electron chi connectivity index (χ3n) is 1.87. The van der Waals surface area contributed by atoms with Crippen molar-refractivity contribution >= 4 is 28.3 Å². The van der Waals surface area contributed by atoms with E-state index in [-0.39, 0.29) is 18.2 Å². The van der Waals surface area contributed by atoms with E-state index in [9.17, 15) is 9.59 Å². The molecule has 0 spiro atoms. The van der Waals surface area contributed by atoms with Gasteiger partial charge in [-0.3, -0.25) is 9.59 Å². The molecule has 2 N–H and O–H groups in total. The molecule has 6 heteroatoms.